The number of aliphatic hydroxyl groups is 1. The molecule has 34 heavy (non-hydrogen) atoms. The third kappa shape index (κ3) is 3.42. The third-order valence-electron chi connectivity index (χ3n) is 11.4. The Kier molecular flexibility index (Phi) is 5.97. The van der Waals surface area contributed by atoms with E-state index in [1.807, 2.05) is 6.92 Å². The monoisotopic (exact) mass is 477 g/mol. The lowest BCUT2D eigenvalue weighted by Gasteiger charge is -2.65. The number of ether oxygens (including phenoxy) is 1. The first-order chi connectivity index (χ1) is 16.0. The minimum Gasteiger partial charge on any atom is -0.481 e. The van der Waals surface area contributed by atoms with E-state index in [2.05, 4.69) is 6.92 Å². The molecule has 0 aromatic heterocycles. The Morgan fingerprint density at radius 1 is 0.971 bits per heavy atom. The summed E-state index contributed by atoms with van der Waals surface area (Å²) in [5.74, 6) is -0.495. The summed E-state index contributed by atoms with van der Waals surface area (Å²) in [6, 6.07) is 0.179. The summed E-state index contributed by atoms with van der Waals surface area (Å²) in [7, 11) is 0. The molecule has 1 aliphatic heterocycles. The van der Waals surface area contributed by atoms with Gasteiger partial charge in [0, 0.05) is 30.1 Å². The van der Waals surface area contributed by atoms with E-state index >= 15 is 0 Å². The Balaban J connectivity index is 1.29. The molecule has 4 saturated carbocycles. The lowest BCUT2D eigenvalue weighted by Crippen LogP contribution is -2.71. The molecule has 1 heterocycles. The van der Waals surface area contributed by atoms with Crippen LogP contribution >= 0.6 is 0 Å². The molecule has 4 aliphatic carbocycles. The van der Waals surface area contributed by atoms with Crippen LogP contribution in [0, 0.1) is 34.5 Å². The fourth-order valence-electron chi connectivity index (χ4n) is 9.08. The van der Waals surface area contributed by atoms with Crippen LogP contribution in [0.1, 0.15) is 78.1 Å². The van der Waals surface area contributed by atoms with Gasteiger partial charge in [-0.3, -0.25) is 4.79 Å². The van der Waals surface area contributed by atoms with Gasteiger partial charge in [-0.15, -0.1) is 0 Å². The third-order valence-corrected chi connectivity index (χ3v) is 11.4. The summed E-state index contributed by atoms with van der Waals surface area (Å²) in [4.78, 5) is 26.6. The lowest BCUT2D eigenvalue weighted by molar-refractivity contribution is -0.188. The number of fused-ring (bicyclic) bond motifs is 5. The van der Waals surface area contributed by atoms with E-state index < -0.39 is 28.9 Å². The number of carbonyl (C=O) groups excluding carboxylic acids is 1. The van der Waals surface area contributed by atoms with E-state index in [0.29, 0.717) is 38.3 Å². The first kappa shape index (κ1) is 24.3. The molecule has 9 atom stereocenters. The Bertz CT molecular complexity index is 831. The van der Waals surface area contributed by atoms with Crippen molar-refractivity contribution >= 4 is 12.1 Å². The molecular formula is C26H43N3O5. The van der Waals surface area contributed by atoms with Crippen molar-refractivity contribution in [2.45, 2.75) is 102 Å². The van der Waals surface area contributed by atoms with E-state index in [1.165, 1.54) is 0 Å². The van der Waals surface area contributed by atoms with E-state index in [1.54, 1.807) is 4.90 Å². The molecule has 0 bridgehead atoms. The molecule has 5 aliphatic rings. The van der Waals surface area contributed by atoms with Gasteiger partial charge in [0.05, 0.1) is 12.0 Å². The van der Waals surface area contributed by atoms with Gasteiger partial charge in [0.1, 0.15) is 6.10 Å². The molecule has 1 amide bonds. The van der Waals surface area contributed by atoms with Gasteiger partial charge in [0.15, 0.2) is 0 Å². The van der Waals surface area contributed by atoms with Crippen LogP contribution in [0.25, 0.3) is 0 Å². The quantitative estimate of drug-likeness (QED) is 0.479. The summed E-state index contributed by atoms with van der Waals surface area (Å²) >= 11 is 0. The molecule has 5 rings (SSSR count). The number of carboxylic acid groups (broad SMARTS) is 1. The van der Waals surface area contributed by atoms with Crippen molar-refractivity contribution in [3.63, 3.8) is 0 Å². The molecule has 0 spiro atoms. The largest absolute Gasteiger partial charge is 0.481 e. The number of aliphatic hydroxyl groups excluding tert-OH is 1. The van der Waals surface area contributed by atoms with Gasteiger partial charge in [-0.05, 0) is 87.4 Å². The van der Waals surface area contributed by atoms with Crippen molar-refractivity contribution in [1.82, 2.24) is 4.90 Å². The molecular weight excluding hydrogens is 434 g/mol. The number of aliphatic carboxylic acids is 1. The summed E-state index contributed by atoms with van der Waals surface area (Å²) in [6.45, 7) is 5.62. The second kappa shape index (κ2) is 8.34. The lowest BCUT2D eigenvalue weighted by atomic mass is 9.42. The van der Waals surface area contributed by atoms with E-state index in [-0.39, 0.29) is 35.5 Å². The normalized spacial score (nSPS) is 49.0. The Hall–Kier alpha value is -1.38. The number of likely N-dealkylation sites (tertiary alicyclic amines) is 1. The van der Waals surface area contributed by atoms with Crippen molar-refractivity contribution in [2.75, 3.05) is 13.1 Å². The van der Waals surface area contributed by atoms with Crippen molar-refractivity contribution in [2.24, 2.45) is 46.0 Å². The van der Waals surface area contributed by atoms with Crippen LogP contribution in [-0.2, 0) is 9.53 Å². The van der Waals surface area contributed by atoms with Crippen molar-refractivity contribution in [1.29, 1.82) is 0 Å². The standard InChI is InChI=1S/C26H43N3O5/c1-24-9-5-17(34-23(33)29-11-7-16(27)8-12-29)13-15(24)3-4-18-20(24)14-21(30)25(2)19(22(31)32)6-10-26(18,25)28/h15-21,30H,3-14,27-28H2,1-2H3,(H,31,32)/t15-,17+,18-,19-,20+,21-,24+,25+,26+/m1/s1. The minimum absolute atomic E-state index is 0.0275. The van der Waals surface area contributed by atoms with Crippen LogP contribution in [0.3, 0.4) is 0 Å². The number of carbonyl (C=O) groups is 2. The van der Waals surface area contributed by atoms with Gasteiger partial charge in [0.25, 0.3) is 0 Å². The Morgan fingerprint density at radius 3 is 2.35 bits per heavy atom. The number of amides is 1. The zero-order chi connectivity index (χ0) is 24.5. The molecule has 0 aromatic carbocycles. The van der Waals surface area contributed by atoms with Crippen LogP contribution in [0.4, 0.5) is 4.79 Å². The highest BCUT2D eigenvalue weighted by Crippen LogP contribution is 2.68. The second-order valence-electron chi connectivity index (χ2n) is 12.6. The first-order valence-electron chi connectivity index (χ1n) is 13.4. The number of carboxylic acids is 1. The molecule has 5 fully saturated rings. The van der Waals surface area contributed by atoms with Gasteiger partial charge < -0.3 is 31.3 Å². The van der Waals surface area contributed by atoms with Gasteiger partial charge in [-0.1, -0.05) is 13.8 Å². The molecule has 0 unspecified atom stereocenters. The summed E-state index contributed by atoms with van der Waals surface area (Å²) in [5.41, 5.74) is 11.7. The van der Waals surface area contributed by atoms with E-state index in [0.717, 1.165) is 44.9 Å². The Labute approximate surface area is 202 Å². The highest BCUT2D eigenvalue weighted by molar-refractivity contribution is 5.72. The number of piperidine rings is 1. The number of nitrogens with two attached hydrogens (primary N) is 2. The van der Waals surface area contributed by atoms with Crippen LogP contribution in [0.2, 0.25) is 0 Å². The maximum Gasteiger partial charge on any atom is 0.410 e. The summed E-state index contributed by atoms with van der Waals surface area (Å²) in [5, 5.41) is 21.2. The second-order valence-corrected chi connectivity index (χ2v) is 12.6. The topological polar surface area (TPSA) is 139 Å². The Morgan fingerprint density at radius 2 is 1.68 bits per heavy atom. The zero-order valence-electron chi connectivity index (χ0n) is 20.7. The van der Waals surface area contributed by atoms with Gasteiger partial charge in [-0.25, -0.2) is 4.79 Å². The smallest absolute Gasteiger partial charge is 0.410 e. The van der Waals surface area contributed by atoms with Crippen LogP contribution < -0.4 is 11.5 Å². The molecule has 192 valence electrons. The molecule has 1 saturated heterocycles. The van der Waals surface area contributed by atoms with Crippen molar-refractivity contribution < 1.29 is 24.5 Å². The SMILES string of the molecule is C[C@]12CC[C@H](OC(=O)N3CCC(N)CC3)C[C@H]1CC[C@@H]1[C@@H]2C[C@@H](O)[C@]2(C)[C@@H](C(=O)O)CC[C@]12N. The van der Waals surface area contributed by atoms with E-state index in [4.69, 9.17) is 16.2 Å². The van der Waals surface area contributed by atoms with Crippen LogP contribution in [-0.4, -0.2) is 64.1 Å². The highest BCUT2D eigenvalue weighted by Gasteiger charge is 2.70. The summed E-state index contributed by atoms with van der Waals surface area (Å²) in [6.07, 6.45) is 7.13. The van der Waals surface area contributed by atoms with Crippen molar-refractivity contribution in [3.8, 4) is 0 Å². The zero-order valence-corrected chi connectivity index (χ0v) is 20.7. The average molecular weight is 478 g/mol. The fourth-order valence-corrected chi connectivity index (χ4v) is 9.08. The van der Waals surface area contributed by atoms with Crippen LogP contribution in [0.15, 0.2) is 0 Å². The minimum atomic E-state index is -0.828. The maximum atomic E-state index is 12.7. The molecule has 8 nitrogen and oxygen atoms in total. The van der Waals surface area contributed by atoms with Crippen molar-refractivity contribution in [3.05, 3.63) is 0 Å². The molecule has 0 aromatic rings. The predicted molar refractivity (Wildman–Crippen MR) is 127 cm³/mol. The van der Waals surface area contributed by atoms with Gasteiger partial charge in [-0.2, -0.15) is 0 Å². The maximum absolute atomic E-state index is 12.7. The summed E-state index contributed by atoms with van der Waals surface area (Å²) < 4.78 is 5.97. The number of rotatable bonds is 2. The average Bonchev–Trinajstić information content (AvgIpc) is 3.08. The number of nitrogens with zero attached hydrogens (tertiary/aromatic N) is 1. The van der Waals surface area contributed by atoms with Gasteiger partial charge in [0.2, 0.25) is 0 Å². The van der Waals surface area contributed by atoms with Gasteiger partial charge >= 0.3 is 12.1 Å². The molecule has 6 N–H and O–H groups in total. The van der Waals surface area contributed by atoms with E-state index in [9.17, 15) is 19.8 Å². The highest BCUT2D eigenvalue weighted by atomic mass is 16.6. The fraction of sp³-hybridized carbons (Fsp3) is 0.923. The van der Waals surface area contributed by atoms with Crippen LogP contribution in [0.5, 0.6) is 0 Å². The molecule has 0 radical (unpaired) electrons. The predicted octanol–water partition coefficient (Wildman–Crippen LogP) is 2.71. The first-order valence-corrected chi connectivity index (χ1v) is 13.4. The molecule has 8 heteroatoms. The number of hydrogen-bond donors (Lipinski definition) is 4. The number of hydrogen-bond acceptors (Lipinski definition) is 6.